The van der Waals surface area contributed by atoms with Gasteiger partial charge in [-0.15, -0.1) is 0 Å². The molecule has 1 fully saturated rings. The van der Waals surface area contributed by atoms with E-state index in [0.29, 0.717) is 5.11 Å². The highest BCUT2D eigenvalue weighted by Crippen LogP contribution is 2.43. The summed E-state index contributed by atoms with van der Waals surface area (Å²) in [6, 6.07) is 30.1. The molecule has 1 saturated heterocycles. The molecule has 0 radical (unpaired) electrons. The van der Waals surface area contributed by atoms with E-state index < -0.39 is 0 Å². The average Bonchev–Trinajstić information content (AvgIpc) is 3.46. The third-order valence-corrected chi connectivity index (χ3v) is 7.50. The van der Waals surface area contributed by atoms with Crippen LogP contribution in [-0.4, -0.2) is 19.6 Å². The van der Waals surface area contributed by atoms with Gasteiger partial charge in [0.2, 0.25) is 0 Å². The summed E-state index contributed by atoms with van der Waals surface area (Å²) in [6.45, 7) is 5.10. The van der Waals surface area contributed by atoms with Crippen molar-refractivity contribution in [3.05, 3.63) is 138 Å². The van der Waals surface area contributed by atoms with Gasteiger partial charge in [-0.25, -0.2) is 0 Å². The van der Waals surface area contributed by atoms with Gasteiger partial charge in [0.15, 0.2) is 5.11 Å². The Labute approximate surface area is 233 Å². The van der Waals surface area contributed by atoms with Gasteiger partial charge in [0.25, 0.3) is 0 Å². The number of benzene rings is 2. The molecule has 0 bridgehead atoms. The summed E-state index contributed by atoms with van der Waals surface area (Å²) in [7, 11) is 0. The number of nitrogens with one attached hydrogen (secondary N) is 1. The SMILES string of the molecule is Cc1cc([C@H]2[C@@H](c3ccccn3)NC(=S)N2c2ccc(Oc3ccccc3)cc2)c(C)n1Cc1cccnc1. The van der Waals surface area contributed by atoms with E-state index in [-0.39, 0.29) is 12.1 Å². The fraction of sp³-hybridized carbons (Fsp3) is 0.156. The zero-order valence-corrected chi connectivity index (χ0v) is 22.7. The first-order chi connectivity index (χ1) is 19.1. The smallest absolute Gasteiger partial charge is 0.174 e. The summed E-state index contributed by atoms with van der Waals surface area (Å²) in [5, 5.41) is 4.24. The molecule has 1 aliphatic rings. The first-order valence-corrected chi connectivity index (χ1v) is 13.4. The summed E-state index contributed by atoms with van der Waals surface area (Å²) < 4.78 is 8.38. The lowest BCUT2D eigenvalue weighted by Crippen LogP contribution is -2.29. The Bertz CT molecular complexity index is 1570. The average molecular weight is 532 g/mol. The fourth-order valence-corrected chi connectivity index (χ4v) is 5.64. The van der Waals surface area contributed by atoms with Crippen molar-refractivity contribution in [2.45, 2.75) is 32.5 Å². The van der Waals surface area contributed by atoms with Crippen LogP contribution < -0.4 is 15.0 Å². The van der Waals surface area contributed by atoms with Gasteiger partial charge in [-0.2, -0.15) is 0 Å². The van der Waals surface area contributed by atoms with E-state index in [4.69, 9.17) is 21.9 Å². The monoisotopic (exact) mass is 531 g/mol. The molecule has 6 rings (SSSR count). The number of rotatable bonds is 7. The molecule has 5 aromatic rings. The van der Waals surface area contributed by atoms with Gasteiger partial charge in [0, 0.05) is 42.2 Å². The molecule has 4 heterocycles. The van der Waals surface area contributed by atoms with Crippen molar-refractivity contribution in [1.29, 1.82) is 0 Å². The molecule has 7 heteroatoms. The fourth-order valence-electron chi connectivity index (χ4n) is 5.29. The normalized spacial score (nSPS) is 16.8. The Morgan fingerprint density at radius 3 is 2.36 bits per heavy atom. The maximum absolute atomic E-state index is 6.03. The van der Waals surface area contributed by atoms with Crippen molar-refractivity contribution in [2.24, 2.45) is 0 Å². The molecule has 1 aliphatic heterocycles. The van der Waals surface area contributed by atoms with Crippen LogP contribution in [0.4, 0.5) is 5.69 Å². The number of hydrogen-bond acceptors (Lipinski definition) is 4. The van der Waals surface area contributed by atoms with Crippen LogP contribution in [0.5, 0.6) is 11.5 Å². The second-order valence-corrected chi connectivity index (χ2v) is 10.1. The number of hydrogen-bond donors (Lipinski definition) is 1. The van der Waals surface area contributed by atoms with Crippen LogP contribution in [0, 0.1) is 13.8 Å². The van der Waals surface area contributed by atoms with Crippen molar-refractivity contribution in [3.63, 3.8) is 0 Å². The standard InChI is InChI=1S/C32H29N5OS/c1-22-19-28(23(2)36(22)21-24-9-8-17-33-20-24)31-30(29-12-6-7-18-34-29)35-32(39)37(31)25-13-15-27(16-14-25)38-26-10-4-3-5-11-26/h3-20,30-31H,21H2,1-2H3,(H,35,39)/t30-,31+/m1/s1. The molecule has 0 spiro atoms. The number of aromatic nitrogens is 3. The Morgan fingerprint density at radius 1 is 0.872 bits per heavy atom. The lowest BCUT2D eigenvalue weighted by atomic mass is 9.96. The van der Waals surface area contributed by atoms with Crippen LogP contribution in [-0.2, 0) is 6.54 Å². The molecular formula is C32H29N5OS. The second-order valence-electron chi connectivity index (χ2n) is 9.68. The topological polar surface area (TPSA) is 55.2 Å². The minimum absolute atomic E-state index is 0.0814. The van der Waals surface area contributed by atoms with E-state index in [1.165, 1.54) is 17.0 Å². The summed E-state index contributed by atoms with van der Waals surface area (Å²) in [6.07, 6.45) is 5.56. The van der Waals surface area contributed by atoms with Crippen LogP contribution >= 0.6 is 12.2 Å². The van der Waals surface area contributed by atoms with Crippen molar-refractivity contribution in [3.8, 4) is 11.5 Å². The van der Waals surface area contributed by atoms with Gasteiger partial charge < -0.3 is 19.5 Å². The molecule has 39 heavy (non-hydrogen) atoms. The summed E-state index contributed by atoms with van der Waals surface area (Å²) >= 11 is 5.94. The number of aryl methyl sites for hydroxylation is 1. The minimum atomic E-state index is -0.105. The highest BCUT2D eigenvalue weighted by molar-refractivity contribution is 7.80. The van der Waals surface area contributed by atoms with Crippen LogP contribution in [0.1, 0.15) is 40.3 Å². The van der Waals surface area contributed by atoms with E-state index in [1.54, 1.807) is 6.20 Å². The zero-order chi connectivity index (χ0) is 26.8. The summed E-state index contributed by atoms with van der Waals surface area (Å²) in [4.78, 5) is 11.2. The molecule has 194 valence electrons. The largest absolute Gasteiger partial charge is 0.457 e. The van der Waals surface area contributed by atoms with Crippen LogP contribution in [0.25, 0.3) is 0 Å². The number of pyridine rings is 2. The van der Waals surface area contributed by atoms with Crippen LogP contribution in [0.3, 0.4) is 0 Å². The molecule has 2 atom stereocenters. The van der Waals surface area contributed by atoms with Gasteiger partial charge in [0.05, 0.1) is 17.8 Å². The van der Waals surface area contributed by atoms with E-state index >= 15 is 0 Å². The summed E-state index contributed by atoms with van der Waals surface area (Å²) in [5.41, 5.74) is 6.71. The second kappa shape index (κ2) is 10.7. The van der Waals surface area contributed by atoms with Gasteiger partial charge in [0.1, 0.15) is 11.5 Å². The number of para-hydroxylation sites is 1. The van der Waals surface area contributed by atoms with Gasteiger partial charge >= 0.3 is 0 Å². The predicted octanol–water partition coefficient (Wildman–Crippen LogP) is 6.91. The van der Waals surface area contributed by atoms with E-state index in [2.05, 4.69) is 63.9 Å². The van der Waals surface area contributed by atoms with Crippen molar-refractivity contribution in [2.75, 3.05) is 4.90 Å². The highest BCUT2D eigenvalue weighted by Gasteiger charge is 2.42. The number of thiocarbonyl (C=S) groups is 1. The first kappa shape index (κ1) is 24.8. The highest BCUT2D eigenvalue weighted by atomic mass is 32.1. The van der Waals surface area contributed by atoms with Gasteiger partial charge in [-0.3, -0.25) is 9.97 Å². The van der Waals surface area contributed by atoms with E-state index in [9.17, 15) is 0 Å². The lowest BCUT2D eigenvalue weighted by molar-refractivity contribution is 0.482. The van der Waals surface area contributed by atoms with Gasteiger partial charge in [-0.1, -0.05) is 30.3 Å². The third-order valence-electron chi connectivity index (χ3n) is 7.19. The Morgan fingerprint density at radius 2 is 1.64 bits per heavy atom. The molecule has 0 amide bonds. The van der Waals surface area contributed by atoms with E-state index in [0.717, 1.165) is 35.0 Å². The Kier molecular flexibility index (Phi) is 6.82. The molecular weight excluding hydrogens is 502 g/mol. The van der Waals surface area contributed by atoms with Crippen molar-refractivity contribution in [1.82, 2.24) is 19.9 Å². The number of ether oxygens (including phenoxy) is 1. The quantitative estimate of drug-likeness (QED) is 0.230. The van der Waals surface area contributed by atoms with Crippen LogP contribution in [0.15, 0.2) is 110 Å². The lowest BCUT2D eigenvalue weighted by Gasteiger charge is -2.28. The minimum Gasteiger partial charge on any atom is -0.457 e. The van der Waals surface area contributed by atoms with E-state index in [1.807, 2.05) is 73.1 Å². The molecule has 1 N–H and O–H groups in total. The maximum Gasteiger partial charge on any atom is 0.174 e. The molecule has 6 nitrogen and oxygen atoms in total. The number of nitrogens with zero attached hydrogens (tertiary/aromatic N) is 4. The van der Waals surface area contributed by atoms with Crippen molar-refractivity contribution < 1.29 is 4.74 Å². The maximum atomic E-state index is 6.03. The molecule has 0 unspecified atom stereocenters. The number of anilines is 1. The molecule has 3 aromatic heterocycles. The first-order valence-electron chi connectivity index (χ1n) is 13.0. The summed E-state index contributed by atoms with van der Waals surface area (Å²) in [5.74, 6) is 1.58. The molecule has 0 aliphatic carbocycles. The van der Waals surface area contributed by atoms with Crippen LogP contribution in [0.2, 0.25) is 0 Å². The molecule has 2 aromatic carbocycles. The third kappa shape index (κ3) is 5.01. The zero-order valence-electron chi connectivity index (χ0n) is 21.9. The predicted molar refractivity (Wildman–Crippen MR) is 158 cm³/mol. The van der Waals surface area contributed by atoms with Gasteiger partial charge in [-0.05, 0) is 97.9 Å². The Hall–Kier alpha value is -4.49. The molecule has 0 saturated carbocycles. The van der Waals surface area contributed by atoms with Crippen molar-refractivity contribution >= 4 is 23.0 Å². The Balaban J connectivity index is 1.38.